The second-order valence-corrected chi connectivity index (χ2v) is 5.64. The van der Waals surface area contributed by atoms with Gasteiger partial charge in [-0.2, -0.15) is 0 Å². The predicted molar refractivity (Wildman–Crippen MR) is 86.8 cm³/mol. The van der Waals surface area contributed by atoms with Gasteiger partial charge in [-0.05, 0) is 26.7 Å². The minimum atomic E-state index is 0.522. The van der Waals surface area contributed by atoms with Crippen molar-refractivity contribution in [2.24, 2.45) is 12.0 Å². The lowest BCUT2D eigenvalue weighted by Crippen LogP contribution is -2.43. The van der Waals surface area contributed by atoms with E-state index in [4.69, 9.17) is 4.74 Å². The summed E-state index contributed by atoms with van der Waals surface area (Å²) >= 11 is 0. The van der Waals surface area contributed by atoms with E-state index < -0.39 is 0 Å². The molecule has 1 aromatic rings. The normalized spacial score (nSPS) is 16.2. The third kappa shape index (κ3) is 4.98. The molecule has 0 atom stereocenters. The molecular formula is C15H28N6O. The largest absolute Gasteiger partial charge is 0.380 e. The Hall–Kier alpha value is -1.63. The van der Waals surface area contributed by atoms with E-state index in [9.17, 15) is 0 Å². The highest BCUT2D eigenvalue weighted by atomic mass is 16.5. The van der Waals surface area contributed by atoms with Gasteiger partial charge in [-0.25, -0.2) is 4.99 Å². The zero-order chi connectivity index (χ0) is 15.8. The maximum absolute atomic E-state index is 5.37. The van der Waals surface area contributed by atoms with Crippen molar-refractivity contribution < 1.29 is 4.74 Å². The van der Waals surface area contributed by atoms with Crippen molar-refractivity contribution in [3.63, 3.8) is 0 Å². The number of ether oxygens (including phenoxy) is 1. The molecule has 7 heteroatoms. The second-order valence-electron chi connectivity index (χ2n) is 5.64. The third-order valence-electron chi connectivity index (χ3n) is 4.00. The molecule has 22 heavy (non-hydrogen) atoms. The highest BCUT2D eigenvalue weighted by Crippen LogP contribution is 2.17. The minimum Gasteiger partial charge on any atom is -0.380 e. The highest BCUT2D eigenvalue weighted by molar-refractivity contribution is 5.80. The molecule has 0 aromatic carbocycles. The van der Waals surface area contributed by atoms with Gasteiger partial charge in [0.15, 0.2) is 11.8 Å². The molecule has 1 saturated carbocycles. The van der Waals surface area contributed by atoms with Crippen molar-refractivity contribution in [3.05, 3.63) is 11.6 Å². The maximum Gasteiger partial charge on any atom is 0.192 e. The van der Waals surface area contributed by atoms with Crippen molar-refractivity contribution in [1.82, 2.24) is 25.4 Å². The first-order valence-electron chi connectivity index (χ1n) is 8.18. The van der Waals surface area contributed by atoms with E-state index in [2.05, 4.69) is 25.8 Å². The smallest absolute Gasteiger partial charge is 0.192 e. The first-order valence-corrected chi connectivity index (χ1v) is 8.18. The first-order chi connectivity index (χ1) is 10.7. The topological polar surface area (TPSA) is 76.4 Å². The van der Waals surface area contributed by atoms with Crippen LogP contribution in [0.4, 0.5) is 0 Å². The van der Waals surface area contributed by atoms with Gasteiger partial charge in [0, 0.05) is 26.2 Å². The van der Waals surface area contributed by atoms with Gasteiger partial charge in [-0.15, -0.1) is 10.2 Å². The van der Waals surface area contributed by atoms with Gasteiger partial charge in [-0.3, -0.25) is 0 Å². The molecule has 0 bridgehead atoms. The van der Waals surface area contributed by atoms with Crippen LogP contribution in [0.2, 0.25) is 0 Å². The van der Waals surface area contributed by atoms with Gasteiger partial charge < -0.3 is 19.9 Å². The number of rotatable bonds is 7. The van der Waals surface area contributed by atoms with E-state index in [1.807, 2.05) is 25.5 Å². The molecule has 1 aliphatic rings. The maximum atomic E-state index is 5.37. The Bertz CT molecular complexity index is 478. The summed E-state index contributed by atoms with van der Waals surface area (Å²) in [5.41, 5.74) is 0. The van der Waals surface area contributed by atoms with E-state index in [1.54, 1.807) is 0 Å². The molecule has 0 saturated heterocycles. The van der Waals surface area contributed by atoms with Gasteiger partial charge in [0.25, 0.3) is 0 Å². The summed E-state index contributed by atoms with van der Waals surface area (Å²) in [4.78, 5) is 4.64. The van der Waals surface area contributed by atoms with Gasteiger partial charge in [0.05, 0.1) is 6.61 Å². The Morgan fingerprint density at radius 1 is 1.36 bits per heavy atom. The average molecular weight is 308 g/mol. The zero-order valence-electron chi connectivity index (χ0n) is 13.9. The SMILES string of the molecule is CCOCCNC(=NCc1nnc(C)n1C)NC1CCCC1. The molecule has 1 aliphatic carbocycles. The molecule has 2 rings (SSSR count). The molecule has 1 heterocycles. The molecule has 1 fully saturated rings. The number of hydrogen-bond donors (Lipinski definition) is 2. The summed E-state index contributed by atoms with van der Waals surface area (Å²) in [6.45, 7) is 6.64. The molecule has 2 N–H and O–H groups in total. The molecule has 124 valence electrons. The van der Waals surface area contributed by atoms with Gasteiger partial charge in [0.2, 0.25) is 0 Å². The van der Waals surface area contributed by atoms with E-state index in [1.165, 1.54) is 25.7 Å². The fraction of sp³-hybridized carbons (Fsp3) is 0.800. The Balaban J connectivity index is 1.92. The van der Waals surface area contributed by atoms with Crippen molar-refractivity contribution in [2.75, 3.05) is 19.8 Å². The summed E-state index contributed by atoms with van der Waals surface area (Å²) < 4.78 is 7.34. The van der Waals surface area contributed by atoms with Gasteiger partial charge in [-0.1, -0.05) is 12.8 Å². The summed E-state index contributed by atoms with van der Waals surface area (Å²) in [5.74, 6) is 2.61. The quantitative estimate of drug-likeness (QED) is 0.449. The first kappa shape index (κ1) is 16.7. The number of aliphatic imine (C=N–C) groups is 1. The fourth-order valence-corrected chi connectivity index (χ4v) is 2.54. The summed E-state index contributed by atoms with van der Waals surface area (Å²) in [5, 5.41) is 15.1. The lowest BCUT2D eigenvalue weighted by atomic mass is 10.2. The fourth-order valence-electron chi connectivity index (χ4n) is 2.54. The Morgan fingerprint density at radius 2 is 2.14 bits per heavy atom. The number of aromatic nitrogens is 3. The highest BCUT2D eigenvalue weighted by Gasteiger charge is 2.16. The molecule has 1 aromatic heterocycles. The van der Waals surface area contributed by atoms with Crippen LogP contribution in [0.5, 0.6) is 0 Å². The van der Waals surface area contributed by atoms with Crippen LogP contribution < -0.4 is 10.6 Å². The second kappa shape index (κ2) is 8.73. The number of hydrogen-bond acceptors (Lipinski definition) is 4. The summed E-state index contributed by atoms with van der Waals surface area (Å²) in [7, 11) is 1.97. The molecule has 0 aliphatic heterocycles. The molecule has 7 nitrogen and oxygen atoms in total. The minimum absolute atomic E-state index is 0.522. The van der Waals surface area contributed by atoms with Crippen LogP contribution in [-0.4, -0.2) is 46.5 Å². The van der Waals surface area contributed by atoms with Crippen molar-refractivity contribution in [2.45, 2.75) is 52.1 Å². The van der Waals surface area contributed by atoms with Crippen LogP contribution in [0.1, 0.15) is 44.3 Å². The van der Waals surface area contributed by atoms with E-state index in [-0.39, 0.29) is 0 Å². The lowest BCUT2D eigenvalue weighted by Gasteiger charge is -2.17. The van der Waals surface area contributed by atoms with Crippen LogP contribution >= 0.6 is 0 Å². The molecule has 0 spiro atoms. The summed E-state index contributed by atoms with van der Waals surface area (Å²) in [6.07, 6.45) is 5.03. The van der Waals surface area contributed by atoms with Gasteiger partial charge in [0.1, 0.15) is 12.4 Å². The molecule has 0 unspecified atom stereocenters. The van der Waals surface area contributed by atoms with Crippen LogP contribution in [-0.2, 0) is 18.3 Å². The van der Waals surface area contributed by atoms with E-state index >= 15 is 0 Å². The molecule has 0 amide bonds. The Labute approximate surface area is 132 Å². The Kier molecular flexibility index (Phi) is 6.64. The van der Waals surface area contributed by atoms with Crippen LogP contribution in [0.3, 0.4) is 0 Å². The molecule has 0 radical (unpaired) electrons. The predicted octanol–water partition coefficient (Wildman–Crippen LogP) is 1.14. The average Bonchev–Trinajstić information content (AvgIpc) is 3.13. The Morgan fingerprint density at radius 3 is 2.77 bits per heavy atom. The zero-order valence-corrected chi connectivity index (χ0v) is 13.9. The standard InChI is InChI=1S/C15H28N6O/c1-4-22-10-9-16-15(18-13-7-5-6-8-13)17-11-14-20-19-12(2)21(14)3/h13H,4-11H2,1-3H3,(H2,16,17,18). The van der Waals surface area contributed by atoms with E-state index in [0.29, 0.717) is 19.2 Å². The van der Waals surface area contributed by atoms with Crippen molar-refractivity contribution in [1.29, 1.82) is 0 Å². The number of guanidine groups is 1. The van der Waals surface area contributed by atoms with Crippen LogP contribution in [0.15, 0.2) is 4.99 Å². The lowest BCUT2D eigenvalue weighted by molar-refractivity contribution is 0.152. The van der Waals surface area contributed by atoms with Gasteiger partial charge >= 0.3 is 0 Å². The number of nitrogens with one attached hydrogen (secondary N) is 2. The van der Waals surface area contributed by atoms with Crippen molar-refractivity contribution >= 4 is 5.96 Å². The van der Waals surface area contributed by atoms with Crippen LogP contribution in [0.25, 0.3) is 0 Å². The van der Waals surface area contributed by atoms with E-state index in [0.717, 1.165) is 30.8 Å². The van der Waals surface area contributed by atoms with Crippen LogP contribution in [0, 0.1) is 6.92 Å². The monoisotopic (exact) mass is 308 g/mol. The number of nitrogens with zero attached hydrogens (tertiary/aromatic N) is 4. The summed E-state index contributed by atoms with van der Waals surface area (Å²) in [6, 6.07) is 0.527. The molecular weight excluding hydrogens is 280 g/mol. The third-order valence-corrected chi connectivity index (χ3v) is 4.00. The number of aryl methyl sites for hydroxylation is 1. The van der Waals surface area contributed by atoms with Crippen molar-refractivity contribution in [3.8, 4) is 0 Å².